The van der Waals surface area contributed by atoms with E-state index in [-0.39, 0.29) is 5.69 Å². The van der Waals surface area contributed by atoms with Crippen molar-refractivity contribution >= 4 is 23.5 Å². The molecule has 1 aliphatic heterocycles. The molecule has 4 rings (SSSR count). The summed E-state index contributed by atoms with van der Waals surface area (Å²) in [5.74, 6) is -1.65. The van der Waals surface area contributed by atoms with Gasteiger partial charge in [0.1, 0.15) is 17.9 Å². The number of anilines is 1. The number of amides is 4. The zero-order valence-electron chi connectivity index (χ0n) is 14.7. The van der Waals surface area contributed by atoms with E-state index >= 15 is 0 Å². The van der Waals surface area contributed by atoms with Gasteiger partial charge in [0, 0.05) is 0 Å². The van der Waals surface area contributed by atoms with Crippen LogP contribution in [-0.4, -0.2) is 29.3 Å². The van der Waals surface area contributed by atoms with Crippen LogP contribution in [0.15, 0.2) is 42.5 Å². The van der Waals surface area contributed by atoms with Crippen molar-refractivity contribution in [3.8, 4) is 0 Å². The van der Waals surface area contributed by atoms with Gasteiger partial charge >= 0.3 is 6.03 Å². The number of hydrogen-bond donors (Lipinski definition) is 2. The Hall–Kier alpha value is -3.22. The number of benzene rings is 2. The van der Waals surface area contributed by atoms with Gasteiger partial charge in [-0.2, -0.15) is 0 Å². The molecule has 1 saturated heterocycles. The molecule has 1 atom stereocenters. The van der Waals surface area contributed by atoms with E-state index in [1.807, 2.05) is 24.3 Å². The lowest BCUT2D eigenvalue weighted by Gasteiger charge is -2.22. The van der Waals surface area contributed by atoms with Crippen LogP contribution < -0.4 is 10.6 Å². The van der Waals surface area contributed by atoms with Crippen LogP contribution in [0.5, 0.6) is 0 Å². The van der Waals surface area contributed by atoms with Gasteiger partial charge in [-0.25, -0.2) is 9.18 Å². The number of fused-ring (bicyclic) bond motifs is 2. The first-order valence-corrected chi connectivity index (χ1v) is 8.69. The van der Waals surface area contributed by atoms with Gasteiger partial charge in [0.2, 0.25) is 5.91 Å². The Morgan fingerprint density at radius 1 is 1.26 bits per heavy atom. The highest BCUT2D eigenvalue weighted by Gasteiger charge is 2.55. The van der Waals surface area contributed by atoms with Crippen LogP contribution in [0.25, 0.3) is 0 Å². The zero-order valence-corrected chi connectivity index (χ0v) is 14.7. The third-order valence-electron chi connectivity index (χ3n) is 5.12. The second-order valence-electron chi connectivity index (χ2n) is 6.92. The molecule has 138 valence electrons. The highest BCUT2D eigenvalue weighted by molar-refractivity contribution is 6.10. The fraction of sp³-hybridized carbons (Fsp3) is 0.250. The van der Waals surface area contributed by atoms with Crippen molar-refractivity contribution in [3.05, 3.63) is 65.0 Å². The van der Waals surface area contributed by atoms with E-state index in [0.29, 0.717) is 12.8 Å². The van der Waals surface area contributed by atoms with E-state index in [2.05, 4.69) is 10.6 Å². The van der Waals surface area contributed by atoms with Crippen molar-refractivity contribution in [3.63, 3.8) is 0 Å². The highest BCUT2D eigenvalue weighted by atomic mass is 19.1. The average molecular weight is 367 g/mol. The molecule has 1 aliphatic carbocycles. The van der Waals surface area contributed by atoms with Crippen molar-refractivity contribution in [2.24, 2.45) is 0 Å². The lowest BCUT2D eigenvalue weighted by atomic mass is 9.92. The molecule has 7 heteroatoms. The topological polar surface area (TPSA) is 78.5 Å². The number of urea groups is 1. The van der Waals surface area contributed by atoms with Crippen LogP contribution in [0.4, 0.5) is 14.9 Å². The standard InChI is InChI=1S/C20H18FN3O3/c1-12-6-7-16(15(21)10-12)22-17(25)11-24-18(26)20(23-19(24)27)9-8-13-4-2-3-5-14(13)20/h2-7,10H,8-9,11H2,1H3,(H,22,25)(H,23,27). The van der Waals surface area contributed by atoms with Crippen LogP contribution >= 0.6 is 0 Å². The molecule has 4 amide bonds. The molecule has 0 radical (unpaired) electrons. The SMILES string of the molecule is Cc1ccc(NC(=O)CN2C(=O)NC3(CCc4ccccc43)C2=O)c(F)c1. The van der Waals surface area contributed by atoms with E-state index < -0.39 is 35.7 Å². The molecule has 2 N–H and O–H groups in total. The third-order valence-corrected chi connectivity index (χ3v) is 5.12. The van der Waals surface area contributed by atoms with Crippen LogP contribution in [0, 0.1) is 12.7 Å². The molecular formula is C20H18FN3O3. The first-order valence-electron chi connectivity index (χ1n) is 8.69. The van der Waals surface area contributed by atoms with Gasteiger partial charge < -0.3 is 10.6 Å². The number of carbonyl (C=O) groups excluding carboxylic acids is 3. The summed E-state index contributed by atoms with van der Waals surface area (Å²) in [5, 5.41) is 5.17. The number of carbonyl (C=O) groups is 3. The maximum absolute atomic E-state index is 13.9. The van der Waals surface area contributed by atoms with Gasteiger partial charge in [-0.1, -0.05) is 30.3 Å². The Morgan fingerprint density at radius 3 is 2.81 bits per heavy atom. The minimum Gasteiger partial charge on any atom is -0.322 e. The fourth-order valence-electron chi connectivity index (χ4n) is 3.79. The van der Waals surface area contributed by atoms with E-state index in [9.17, 15) is 18.8 Å². The van der Waals surface area contributed by atoms with E-state index in [1.165, 1.54) is 12.1 Å². The van der Waals surface area contributed by atoms with Crippen molar-refractivity contribution in [2.45, 2.75) is 25.3 Å². The molecule has 2 aromatic carbocycles. The lowest BCUT2D eigenvalue weighted by Crippen LogP contribution is -2.43. The van der Waals surface area contributed by atoms with Crippen LogP contribution in [0.1, 0.15) is 23.1 Å². The minimum atomic E-state index is -1.11. The summed E-state index contributed by atoms with van der Waals surface area (Å²) >= 11 is 0. The Balaban J connectivity index is 1.53. The summed E-state index contributed by atoms with van der Waals surface area (Å²) in [6.45, 7) is 1.27. The molecule has 1 spiro atoms. The van der Waals surface area contributed by atoms with Gasteiger partial charge in [0.15, 0.2) is 0 Å². The van der Waals surface area contributed by atoms with Crippen LogP contribution in [0.2, 0.25) is 0 Å². The molecule has 1 heterocycles. The molecule has 6 nitrogen and oxygen atoms in total. The zero-order chi connectivity index (χ0) is 19.2. The van der Waals surface area contributed by atoms with Crippen LogP contribution in [0.3, 0.4) is 0 Å². The molecule has 0 saturated carbocycles. The van der Waals surface area contributed by atoms with Crippen molar-refractivity contribution in [1.82, 2.24) is 10.2 Å². The fourth-order valence-corrected chi connectivity index (χ4v) is 3.79. The maximum Gasteiger partial charge on any atom is 0.325 e. The van der Waals surface area contributed by atoms with Gasteiger partial charge in [0.25, 0.3) is 5.91 Å². The number of aryl methyl sites for hydroxylation is 2. The predicted octanol–water partition coefficient (Wildman–Crippen LogP) is 2.47. The van der Waals surface area contributed by atoms with Gasteiger partial charge in [-0.15, -0.1) is 0 Å². The van der Waals surface area contributed by atoms with Crippen molar-refractivity contribution in [2.75, 3.05) is 11.9 Å². The number of nitrogens with one attached hydrogen (secondary N) is 2. The van der Waals surface area contributed by atoms with E-state index in [1.54, 1.807) is 13.0 Å². The first-order chi connectivity index (χ1) is 12.9. The van der Waals surface area contributed by atoms with Gasteiger partial charge in [-0.05, 0) is 48.6 Å². The summed E-state index contributed by atoms with van der Waals surface area (Å²) in [6.07, 6.45) is 1.14. The largest absolute Gasteiger partial charge is 0.325 e. The molecule has 0 bridgehead atoms. The second kappa shape index (κ2) is 6.19. The lowest BCUT2D eigenvalue weighted by molar-refractivity contribution is -0.134. The number of rotatable bonds is 3. The Bertz CT molecular complexity index is 975. The number of nitrogens with zero attached hydrogens (tertiary/aromatic N) is 1. The number of imide groups is 1. The summed E-state index contributed by atoms with van der Waals surface area (Å²) < 4.78 is 13.9. The van der Waals surface area contributed by atoms with Crippen molar-refractivity contribution < 1.29 is 18.8 Å². The summed E-state index contributed by atoms with van der Waals surface area (Å²) in [6, 6.07) is 11.3. The molecule has 1 unspecified atom stereocenters. The summed E-state index contributed by atoms with van der Waals surface area (Å²) in [4.78, 5) is 38.6. The average Bonchev–Trinajstić information content (AvgIpc) is 3.11. The smallest absolute Gasteiger partial charge is 0.322 e. The maximum atomic E-state index is 13.9. The monoisotopic (exact) mass is 367 g/mol. The molecule has 2 aliphatic rings. The molecule has 2 aromatic rings. The molecular weight excluding hydrogens is 349 g/mol. The van der Waals surface area contributed by atoms with Crippen LogP contribution in [-0.2, 0) is 21.5 Å². The third kappa shape index (κ3) is 2.75. The predicted molar refractivity (Wildman–Crippen MR) is 96.5 cm³/mol. The normalized spacial score (nSPS) is 20.7. The van der Waals surface area contributed by atoms with E-state index in [4.69, 9.17) is 0 Å². The minimum absolute atomic E-state index is 0.0126. The first kappa shape index (κ1) is 17.2. The summed E-state index contributed by atoms with van der Waals surface area (Å²) in [5.41, 5.74) is 1.42. The highest BCUT2D eigenvalue weighted by Crippen LogP contribution is 2.41. The molecule has 0 aromatic heterocycles. The number of hydrogen-bond acceptors (Lipinski definition) is 3. The Morgan fingerprint density at radius 2 is 2.04 bits per heavy atom. The quantitative estimate of drug-likeness (QED) is 0.818. The Kier molecular flexibility index (Phi) is 3.95. The van der Waals surface area contributed by atoms with Gasteiger partial charge in [-0.3, -0.25) is 14.5 Å². The molecule has 1 fully saturated rings. The Labute approximate surface area is 155 Å². The summed E-state index contributed by atoms with van der Waals surface area (Å²) in [7, 11) is 0. The van der Waals surface area contributed by atoms with Crippen molar-refractivity contribution in [1.29, 1.82) is 0 Å². The number of halogens is 1. The van der Waals surface area contributed by atoms with E-state index in [0.717, 1.165) is 21.6 Å². The second-order valence-corrected chi connectivity index (χ2v) is 6.92. The molecule has 27 heavy (non-hydrogen) atoms. The van der Waals surface area contributed by atoms with Gasteiger partial charge in [0.05, 0.1) is 5.69 Å².